The predicted molar refractivity (Wildman–Crippen MR) is 86.3 cm³/mol. The van der Waals surface area contributed by atoms with Crippen molar-refractivity contribution in [2.45, 2.75) is 13.8 Å². The minimum atomic E-state index is -0.633. The van der Waals surface area contributed by atoms with Gasteiger partial charge in [0, 0.05) is 33.3 Å². The van der Waals surface area contributed by atoms with E-state index in [9.17, 15) is 9.59 Å². The standard InChI is InChI=1S/C17H14BrNO2/c1-17(2)10-14(19-8-4-3-5-15(19)20)13-9-11(18)6-7-12(13)16(17)21/h3-10H,1-2H3. The van der Waals surface area contributed by atoms with Crippen molar-refractivity contribution in [3.8, 4) is 0 Å². The van der Waals surface area contributed by atoms with Crippen molar-refractivity contribution >= 4 is 27.4 Å². The number of ketones is 1. The second kappa shape index (κ2) is 4.81. The third kappa shape index (κ3) is 2.29. The maximum Gasteiger partial charge on any atom is 0.255 e. The smallest absolute Gasteiger partial charge is 0.255 e. The maximum atomic E-state index is 12.6. The summed E-state index contributed by atoms with van der Waals surface area (Å²) in [5.41, 5.74) is 1.44. The summed E-state index contributed by atoms with van der Waals surface area (Å²) < 4.78 is 2.46. The van der Waals surface area contributed by atoms with Gasteiger partial charge in [0.25, 0.3) is 5.56 Å². The zero-order valence-electron chi connectivity index (χ0n) is 11.8. The second-order valence-electron chi connectivity index (χ2n) is 5.68. The number of carbonyl (C=O) groups excluding carboxylic acids is 1. The van der Waals surface area contributed by atoms with Crippen LogP contribution in [-0.2, 0) is 0 Å². The van der Waals surface area contributed by atoms with Crippen molar-refractivity contribution in [1.29, 1.82) is 0 Å². The first-order valence-corrected chi connectivity index (χ1v) is 7.45. The summed E-state index contributed by atoms with van der Waals surface area (Å²) in [4.78, 5) is 24.7. The molecule has 0 amide bonds. The molecule has 0 unspecified atom stereocenters. The lowest BCUT2D eigenvalue weighted by molar-refractivity contribution is 0.0882. The van der Waals surface area contributed by atoms with E-state index in [0.717, 1.165) is 15.7 Å². The van der Waals surface area contributed by atoms with E-state index in [-0.39, 0.29) is 11.3 Å². The van der Waals surface area contributed by atoms with Gasteiger partial charge in [-0.05, 0) is 44.2 Å². The number of benzene rings is 1. The van der Waals surface area contributed by atoms with E-state index in [2.05, 4.69) is 15.9 Å². The number of carbonyl (C=O) groups is 1. The molecular formula is C17H14BrNO2. The number of pyridine rings is 1. The van der Waals surface area contributed by atoms with Gasteiger partial charge >= 0.3 is 0 Å². The quantitative estimate of drug-likeness (QED) is 0.791. The van der Waals surface area contributed by atoms with Crippen LogP contribution in [0.25, 0.3) is 5.70 Å². The molecule has 1 aromatic carbocycles. The molecule has 2 aromatic rings. The number of fused-ring (bicyclic) bond motifs is 1. The molecule has 1 aliphatic rings. The average Bonchev–Trinajstić information content (AvgIpc) is 2.44. The van der Waals surface area contributed by atoms with E-state index in [0.29, 0.717) is 5.56 Å². The van der Waals surface area contributed by atoms with E-state index >= 15 is 0 Å². The third-order valence-corrected chi connectivity index (χ3v) is 4.16. The molecule has 0 radical (unpaired) electrons. The first-order valence-electron chi connectivity index (χ1n) is 6.66. The van der Waals surface area contributed by atoms with Gasteiger partial charge in [-0.1, -0.05) is 22.0 Å². The van der Waals surface area contributed by atoms with Crippen LogP contribution in [0.4, 0.5) is 0 Å². The Bertz CT molecular complexity index is 831. The van der Waals surface area contributed by atoms with Crippen LogP contribution in [0.2, 0.25) is 0 Å². The Labute approximate surface area is 131 Å². The molecular weight excluding hydrogens is 330 g/mol. The first-order chi connectivity index (χ1) is 9.90. The zero-order chi connectivity index (χ0) is 15.2. The van der Waals surface area contributed by atoms with Crippen LogP contribution in [0.15, 0.2) is 57.9 Å². The minimum Gasteiger partial charge on any atom is -0.293 e. The van der Waals surface area contributed by atoms with Gasteiger partial charge in [-0.15, -0.1) is 0 Å². The number of hydrogen-bond acceptors (Lipinski definition) is 2. The molecule has 0 bridgehead atoms. The first kappa shape index (κ1) is 14.0. The fourth-order valence-electron chi connectivity index (χ4n) is 2.58. The van der Waals surface area contributed by atoms with Gasteiger partial charge in [0.05, 0.1) is 5.70 Å². The van der Waals surface area contributed by atoms with Crippen LogP contribution >= 0.6 is 15.9 Å². The molecule has 0 spiro atoms. The monoisotopic (exact) mass is 343 g/mol. The summed E-state index contributed by atoms with van der Waals surface area (Å²) in [6.07, 6.45) is 3.59. The second-order valence-corrected chi connectivity index (χ2v) is 6.59. The van der Waals surface area contributed by atoms with Crippen LogP contribution in [0, 0.1) is 5.41 Å². The molecule has 106 valence electrons. The Kier molecular flexibility index (Phi) is 3.21. The maximum absolute atomic E-state index is 12.6. The third-order valence-electron chi connectivity index (χ3n) is 3.67. The SMILES string of the molecule is CC1(C)C=C(n2ccccc2=O)c2cc(Br)ccc2C1=O. The number of Topliss-reactive ketones (excluding diaryl/α,β-unsaturated/α-hetero) is 1. The number of aromatic nitrogens is 1. The number of nitrogens with zero attached hydrogens (tertiary/aromatic N) is 1. The topological polar surface area (TPSA) is 39.1 Å². The number of halogens is 1. The van der Waals surface area contributed by atoms with E-state index in [1.54, 1.807) is 16.8 Å². The molecule has 1 heterocycles. The van der Waals surface area contributed by atoms with Gasteiger partial charge in [-0.3, -0.25) is 14.2 Å². The van der Waals surface area contributed by atoms with Crippen molar-refractivity contribution in [3.05, 3.63) is 74.6 Å². The highest BCUT2D eigenvalue weighted by atomic mass is 79.9. The van der Waals surface area contributed by atoms with Crippen LogP contribution in [0.5, 0.6) is 0 Å². The number of hydrogen-bond donors (Lipinski definition) is 0. The molecule has 0 aliphatic heterocycles. The summed E-state index contributed by atoms with van der Waals surface area (Å²) in [5, 5.41) is 0. The van der Waals surface area contributed by atoms with Gasteiger partial charge in [-0.2, -0.15) is 0 Å². The molecule has 0 fully saturated rings. The molecule has 21 heavy (non-hydrogen) atoms. The van der Waals surface area contributed by atoms with Gasteiger partial charge in [0.2, 0.25) is 0 Å². The highest BCUT2D eigenvalue weighted by Crippen LogP contribution is 2.37. The molecule has 3 rings (SSSR count). The molecule has 1 aliphatic carbocycles. The highest BCUT2D eigenvalue weighted by Gasteiger charge is 2.34. The van der Waals surface area contributed by atoms with Crippen molar-refractivity contribution in [1.82, 2.24) is 4.57 Å². The van der Waals surface area contributed by atoms with E-state index in [1.165, 1.54) is 6.07 Å². The van der Waals surface area contributed by atoms with Crippen LogP contribution < -0.4 is 5.56 Å². The Morgan fingerprint density at radius 3 is 2.52 bits per heavy atom. The van der Waals surface area contributed by atoms with Gasteiger partial charge in [0.15, 0.2) is 5.78 Å². The van der Waals surface area contributed by atoms with Crippen LogP contribution in [0.3, 0.4) is 0 Å². The Morgan fingerprint density at radius 2 is 1.81 bits per heavy atom. The van der Waals surface area contributed by atoms with Crippen molar-refractivity contribution in [2.75, 3.05) is 0 Å². The van der Waals surface area contributed by atoms with Crippen molar-refractivity contribution < 1.29 is 4.79 Å². The normalized spacial score (nSPS) is 16.3. The molecule has 0 atom stereocenters. The fourth-order valence-corrected chi connectivity index (χ4v) is 2.95. The van der Waals surface area contributed by atoms with Gasteiger partial charge in [-0.25, -0.2) is 0 Å². The molecule has 0 saturated heterocycles. The highest BCUT2D eigenvalue weighted by molar-refractivity contribution is 9.10. The molecule has 4 heteroatoms. The summed E-state index contributed by atoms with van der Waals surface area (Å²) in [6.45, 7) is 3.74. The van der Waals surface area contributed by atoms with Crippen LogP contribution in [-0.4, -0.2) is 10.4 Å². The summed E-state index contributed by atoms with van der Waals surface area (Å²) in [5.74, 6) is 0.0673. The number of rotatable bonds is 1. The molecule has 0 N–H and O–H groups in total. The van der Waals surface area contributed by atoms with Crippen molar-refractivity contribution in [3.63, 3.8) is 0 Å². The van der Waals surface area contributed by atoms with Crippen LogP contribution in [0.1, 0.15) is 29.8 Å². The van der Waals surface area contributed by atoms with Gasteiger partial charge < -0.3 is 0 Å². The zero-order valence-corrected chi connectivity index (χ0v) is 13.3. The Balaban J connectivity index is 2.34. The number of allylic oxidation sites excluding steroid dienone is 1. The predicted octanol–water partition coefficient (Wildman–Crippen LogP) is 3.72. The lowest BCUT2D eigenvalue weighted by Gasteiger charge is -2.29. The fraction of sp³-hybridized carbons (Fsp3) is 0.176. The summed E-state index contributed by atoms with van der Waals surface area (Å²) in [7, 11) is 0. The molecule has 0 saturated carbocycles. The van der Waals surface area contributed by atoms with E-state index < -0.39 is 5.41 Å². The van der Waals surface area contributed by atoms with Gasteiger partial charge in [0.1, 0.15) is 0 Å². The summed E-state index contributed by atoms with van der Waals surface area (Å²) in [6, 6.07) is 10.6. The Hall–Kier alpha value is -1.94. The van der Waals surface area contributed by atoms with E-state index in [1.807, 2.05) is 44.2 Å². The van der Waals surface area contributed by atoms with Crippen molar-refractivity contribution in [2.24, 2.45) is 5.41 Å². The Morgan fingerprint density at radius 1 is 1.05 bits per heavy atom. The largest absolute Gasteiger partial charge is 0.293 e. The molecule has 3 nitrogen and oxygen atoms in total. The lowest BCUT2D eigenvalue weighted by atomic mass is 9.77. The lowest BCUT2D eigenvalue weighted by Crippen LogP contribution is -2.30. The van der Waals surface area contributed by atoms with E-state index in [4.69, 9.17) is 0 Å². The molecule has 1 aromatic heterocycles. The summed E-state index contributed by atoms with van der Waals surface area (Å²) >= 11 is 3.43. The minimum absolute atomic E-state index is 0.0673. The average molecular weight is 344 g/mol.